The van der Waals surface area contributed by atoms with E-state index < -0.39 is 17.4 Å². The number of primary amides is 1. The van der Waals surface area contributed by atoms with Gasteiger partial charge < -0.3 is 10.6 Å². The minimum absolute atomic E-state index is 0.411. The van der Waals surface area contributed by atoms with Crippen LogP contribution in [0.25, 0.3) is 0 Å². The van der Waals surface area contributed by atoms with Crippen LogP contribution < -0.4 is 10.6 Å². The number of nitrogens with two attached hydrogens (primary N) is 1. The summed E-state index contributed by atoms with van der Waals surface area (Å²) in [7, 11) is 0. The van der Waals surface area contributed by atoms with Crippen LogP contribution in [0.5, 0.6) is 0 Å². The maximum Gasteiger partial charge on any atom is 0.340 e. The van der Waals surface area contributed by atoms with Gasteiger partial charge in [-0.15, -0.1) is 0 Å². The molecular weight excluding hydrogens is 330 g/mol. The van der Waals surface area contributed by atoms with Gasteiger partial charge >= 0.3 is 12.0 Å². The molecule has 0 radical (unpaired) electrons. The average Bonchev–Trinajstić information content (AvgIpc) is 2.73. The van der Waals surface area contributed by atoms with Crippen LogP contribution in [-0.4, -0.2) is 17.7 Å². The van der Waals surface area contributed by atoms with Crippen LogP contribution in [0.3, 0.4) is 0 Å². The molecule has 2 aromatic carbocycles. The van der Waals surface area contributed by atoms with Gasteiger partial charge in [-0.25, -0.2) is 9.59 Å². The second-order valence-electron chi connectivity index (χ2n) is 7.16. The van der Waals surface area contributed by atoms with Gasteiger partial charge in [0.1, 0.15) is 0 Å². The monoisotopic (exact) mass is 351 g/mol. The highest BCUT2D eigenvalue weighted by Gasteiger charge is 2.28. The number of para-hydroxylation sites is 2. The molecule has 2 amide bonds. The topological polar surface area (TPSA) is 85.0 Å². The van der Waals surface area contributed by atoms with Crippen molar-refractivity contribution in [3.8, 4) is 0 Å². The number of urea groups is 1. The smallest absolute Gasteiger partial charge is 0.340 e. The number of anilines is 2. The van der Waals surface area contributed by atoms with E-state index in [4.69, 9.17) is 10.6 Å². The van der Waals surface area contributed by atoms with Crippen molar-refractivity contribution in [2.75, 3.05) is 4.90 Å². The molecule has 2 aromatic rings. The summed E-state index contributed by atoms with van der Waals surface area (Å²) in [5.74, 6) is -0.424. The van der Waals surface area contributed by atoms with Gasteiger partial charge in [0.2, 0.25) is 0 Å². The van der Waals surface area contributed by atoms with Crippen LogP contribution in [0, 0.1) is 5.41 Å². The summed E-state index contributed by atoms with van der Waals surface area (Å²) in [5, 5.41) is 4.13. The largest absolute Gasteiger partial charge is 0.351 e. The van der Waals surface area contributed by atoms with E-state index in [1.54, 1.807) is 26.8 Å². The predicted molar refractivity (Wildman–Crippen MR) is 100 cm³/mol. The zero-order chi connectivity index (χ0) is 18.9. The van der Waals surface area contributed by atoms with E-state index in [1.807, 2.05) is 42.5 Å². The Labute approximate surface area is 152 Å². The molecule has 26 heavy (non-hydrogen) atoms. The highest BCUT2D eigenvalue weighted by atomic mass is 16.7. The van der Waals surface area contributed by atoms with Gasteiger partial charge in [-0.3, -0.25) is 4.90 Å². The van der Waals surface area contributed by atoms with Crippen molar-refractivity contribution in [3.05, 3.63) is 59.7 Å². The molecule has 0 spiro atoms. The lowest BCUT2D eigenvalue weighted by Gasteiger charge is -2.22. The van der Waals surface area contributed by atoms with Gasteiger partial charge in [0, 0.05) is 12.0 Å². The van der Waals surface area contributed by atoms with Gasteiger partial charge in [-0.05, 0) is 38.5 Å². The standard InChI is InChI=1S/C20H21N3O3/c1-20(2,3)18(24)26-22-15-12-13-8-4-6-10-16(13)23(19(21)25)17-11-7-5-9-14(15)17/h4-11H,12H2,1-3H3,(H2,21,25)/b22-15+. The highest BCUT2D eigenvalue weighted by Crippen LogP contribution is 2.36. The Hall–Kier alpha value is -3.15. The Balaban J connectivity index is 2.14. The lowest BCUT2D eigenvalue weighted by atomic mass is 9.98. The van der Waals surface area contributed by atoms with Crippen molar-refractivity contribution in [1.29, 1.82) is 0 Å². The fourth-order valence-corrected chi connectivity index (χ4v) is 2.75. The fraction of sp³-hybridized carbons (Fsp3) is 0.250. The molecule has 0 atom stereocenters. The first-order valence-electron chi connectivity index (χ1n) is 8.34. The number of carbonyl (C=O) groups excluding carboxylic acids is 2. The molecule has 6 heteroatoms. The zero-order valence-electron chi connectivity index (χ0n) is 15.0. The second-order valence-corrected chi connectivity index (χ2v) is 7.16. The lowest BCUT2D eigenvalue weighted by Crippen LogP contribution is -2.32. The number of fused-ring (bicyclic) bond motifs is 2. The van der Waals surface area contributed by atoms with E-state index in [0.29, 0.717) is 29.1 Å². The molecule has 1 heterocycles. The Kier molecular flexibility index (Phi) is 4.50. The van der Waals surface area contributed by atoms with E-state index in [1.165, 1.54) is 4.90 Å². The molecule has 0 saturated carbocycles. The van der Waals surface area contributed by atoms with E-state index in [2.05, 4.69) is 5.16 Å². The summed E-state index contributed by atoms with van der Waals surface area (Å²) >= 11 is 0. The lowest BCUT2D eigenvalue weighted by molar-refractivity contribution is -0.152. The molecule has 1 aliphatic heterocycles. The Morgan fingerprint density at radius 3 is 2.31 bits per heavy atom. The molecule has 1 aliphatic rings. The summed E-state index contributed by atoms with van der Waals surface area (Å²) in [4.78, 5) is 30.9. The molecule has 2 N–H and O–H groups in total. The molecular formula is C20H21N3O3. The fourth-order valence-electron chi connectivity index (χ4n) is 2.75. The van der Waals surface area contributed by atoms with Crippen molar-refractivity contribution in [1.82, 2.24) is 0 Å². The maximum absolute atomic E-state index is 12.2. The van der Waals surface area contributed by atoms with E-state index in [-0.39, 0.29) is 0 Å². The van der Waals surface area contributed by atoms with Crippen LogP contribution in [0.2, 0.25) is 0 Å². The normalized spacial score (nSPS) is 15.0. The van der Waals surface area contributed by atoms with E-state index in [0.717, 1.165) is 5.56 Å². The maximum atomic E-state index is 12.2. The van der Waals surface area contributed by atoms with Crippen LogP contribution in [0.15, 0.2) is 53.7 Å². The Morgan fingerprint density at radius 1 is 1.04 bits per heavy atom. The summed E-state index contributed by atoms with van der Waals surface area (Å²) in [6.45, 7) is 5.29. The number of amides is 2. The minimum atomic E-state index is -0.661. The van der Waals surface area contributed by atoms with E-state index in [9.17, 15) is 9.59 Å². The molecule has 0 aliphatic carbocycles. The predicted octanol–water partition coefficient (Wildman–Crippen LogP) is 3.75. The van der Waals surface area contributed by atoms with Crippen LogP contribution >= 0.6 is 0 Å². The van der Waals surface area contributed by atoms with Crippen LogP contribution in [0.1, 0.15) is 31.9 Å². The first kappa shape index (κ1) is 17.7. The van der Waals surface area contributed by atoms with Crippen molar-refractivity contribution in [3.63, 3.8) is 0 Å². The molecule has 134 valence electrons. The van der Waals surface area contributed by atoms with Crippen LogP contribution in [0.4, 0.5) is 16.2 Å². The number of rotatable bonds is 1. The molecule has 3 rings (SSSR count). The number of oxime groups is 1. The number of carbonyl (C=O) groups is 2. The molecule has 0 bridgehead atoms. The van der Waals surface area contributed by atoms with Crippen LogP contribution in [-0.2, 0) is 16.1 Å². The van der Waals surface area contributed by atoms with Gasteiger partial charge in [-0.1, -0.05) is 41.6 Å². The number of nitrogens with zero attached hydrogens (tertiary/aromatic N) is 2. The Morgan fingerprint density at radius 2 is 1.65 bits per heavy atom. The van der Waals surface area contributed by atoms with E-state index >= 15 is 0 Å². The summed E-state index contributed by atoms with van der Waals surface area (Å²) in [6.07, 6.45) is 0.411. The molecule has 0 saturated heterocycles. The quantitative estimate of drug-likeness (QED) is 0.627. The molecule has 6 nitrogen and oxygen atoms in total. The van der Waals surface area contributed by atoms with Gasteiger partial charge in [0.05, 0.1) is 22.5 Å². The van der Waals surface area contributed by atoms with Crippen molar-refractivity contribution in [2.24, 2.45) is 16.3 Å². The third-order valence-electron chi connectivity index (χ3n) is 4.12. The highest BCUT2D eigenvalue weighted by molar-refractivity contribution is 6.13. The first-order valence-corrected chi connectivity index (χ1v) is 8.34. The number of hydrogen-bond acceptors (Lipinski definition) is 4. The average molecular weight is 351 g/mol. The van der Waals surface area contributed by atoms with Gasteiger partial charge in [-0.2, -0.15) is 0 Å². The minimum Gasteiger partial charge on any atom is -0.351 e. The van der Waals surface area contributed by atoms with Crippen molar-refractivity contribution >= 4 is 29.1 Å². The van der Waals surface area contributed by atoms with Gasteiger partial charge in [0.15, 0.2) is 0 Å². The number of hydrogen-bond donors (Lipinski definition) is 1. The third kappa shape index (κ3) is 3.31. The SMILES string of the molecule is CC(C)(C)C(=O)O/N=C1\Cc2ccccc2N(C(N)=O)c2ccccc21. The van der Waals surface area contributed by atoms with Crippen molar-refractivity contribution in [2.45, 2.75) is 27.2 Å². The Bertz CT molecular complexity index is 897. The third-order valence-corrected chi connectivity index (χ3v) is 4.12. The molecule has 0 unspecified atom stereocenters. The summed E-state index contributed by atoms with van der Waals surface area (Å²) in [5.41, 5.74) is 8.42. The zero-order valence-corrected chi connectivity index (χ0v) is 15.0. The van der Waals surface area contributed by atoms with Crippen molar-refractivity contribution < 1.29 is 14.4 Å². The molecule has 0 aromatic heterocycles. The summed E-state index contributed by atoms with van der Waals surface area (Å²) in [6, 6.07) is 14.2. The molecule has 0 fully saturated rings. The second kappa shape index (κ2) is 6.63. The number of benzene rings is 2. The van der Waals surface area contributed by atoms with Gasteiger partial charge in [0.25, 0.3) is 0 Å². The first-order chi connectivity index (χ1) is 12.3. The summed E-state index contributed by atoms with van der Waals surface area (Å²) < 4.78 is 0.